The van der Waals surface area contributed by atoms with Crippen LogP contribution in [0.25, 0.3) is 11.3 Å². The van der Waals surface area contributed by atoms with Crippen LogP contribution in [0.4, 0.5) is 43.8 Å². The lowest BCUT2D eigenvalue weighted by atomic mass is 10.1. The number of alkyl halides is 6. The first-order chi connectivity index (χ1) is 15.0. The maximum atomic E-state index is 13.5. The zero-order valence-electron chi connectivity index (χ0n) is 17.0. The highest BCUT2D eigenvalue weighted by Crippen LogP contribution is 2.40. The molecule has 1 aromatic carbocycles. The highest BCUT2D eigenvalue weighted by atomic mass is 19.4. The van der Waals surface area contributed by atoms with E-state index in [1.54, 1.807) is 12.1 Å². The van der Waals surface area contributed by atoms with Crippen LogP contribution >= 0.6 is 0 Å². The zero-order valence-corrected chi connectivity index (χ0v) is 17.0. The van der Waals surface area contributed by atoms with Gasteiger partial charge in [-0.2, -0.15) is 31.3 Å². The Morgan fingerprint density at radius 2 is 1.59 bits per heavy atom. The van der Waals surface area contributed by atoms with Crippen molar-refractivity contribution in [3.63, 3.8) is 0 Å². The highest BCUT2D eigenvalue weighted by molar-refractivity contribution is 5.69. The smallest absolute Gasteiger partial charge is 0.352 e. The Labute approximate surface area is 179 Å². The fraction of sp³-hybridized carbons (Fsp3) is 0.286. The van der Waals surface area contributed by atoms with Gasteiger partial charge in [-0.1, -0.05) is 6.92 Å². The van der Waals surface area contributed by atoms with E-state index in [0.29, 0.717) is 17.3 Å². The lowest BCUT2D eigenvalue weighted by Gasteiger charge is -2.18. The number of nitrogens with one attached hydrogen (secondary N) is 2. The highest BCUT2D eigenvalue weighted by Gasteiger charge is 2.38. The Balaban J connectivity index is 2.07. The molecule has 0 bridgehead atoms. The molecule has 11 heteroatoms. The van der Waals surface area contributed by atoms with Crippen molar-refractivity contribution in [2.75, 3.05) is 10.6 Å². The van der Waals surface area contributed by atoms with Gasteiger partial charge in [0.25, 0.3) is 0 Å². The van der Waals surface area contributed by atoms with Crippen molar-refractivity contribution in [2.24, 2.45) is 0 Å². The second-order valence-corrected chi connectivity index (χ2v) is 7.03. The molecule has 3 rings (SSSR count). The van der Waals surface area contributed by atoms with Gasteiger partial charge in [-0.15, -0.1) is 0 Å². The minimum Gasteiger partial charge on any atom is -0.352 e. The third-order valence-corrected chi connectivity index (χ3v) is 4.61. The van der Waals surface area contributed by atoms with E-state index in [0.717, 1.165) is 12.5 Å². The number of hydrogen-bond donors (Lipinski definition) is 2. The maximum Gasteiger partial charge on any atom is 0.418 e. The topological polar surface area (TPSA) is 62.7 Å². The van der Waals surface area contributed by atoms with Crippen LogP contribution in [0, 0.1) is 0 Å². The summed E-state index contributed by atoms with van der Waals surface area (Å²) in [5, 5.41) is 5.56. The van der Waals surface area contributed by atoms with E-state index in [1.165, 1.54) is 18.5 Å². The van der Waals surface area contributed by atoms with Gasteiger partial charge in [-0.3, -0.25) is 4.98 Å². The molecule has 0 unspecified atom stereocenters. The average molecular weight is 455 g/mol. The van der Waals surface area contributed by atoms with Crippen LogP contribution in [0.1, 0.15) is 31.4 Å². The number of hydrogen-bond acceptors (Lipinski definition) is 5. The number of pyridine rings is 1. The summed E-state index contributed by atoms with van der Waals surface area (Å²) in [7, 11) is 0. The number of aromatic nitrogens is 3. The SMILES string of the molecule is CC[C@@H](C)Nc1nc(Nc2ccc(C(F)(F)F)cc2C(F)(F)F)cc(-c2ccncc2)n1. The summed E-state index contributed by atoms with van der Waals surface area (Å²) in [4.78, 5) is 12.5. The fourth-order valence-corrected chi connectivity index (χ4v) is 2.77. The normalized spacial score (nSPS) is 13.0. The molecule has 1 atom stereocenters. The molecule has 0 saturated heterocycles. The van der Waals surface area contributed by atoms with Gasteiger partial charge < -0.3 is 10.6 Å². The van der Waals surface area contributed by atoms with Gasteiger partial charge in [0.05, 0.1) is 22.5 Å². The molecular weight excluding hydrogens is 436 g/mol. The molecule has 0 amide bonds. The van der Waals surface area contributed by atoms with Crippen molar-refractivity contribution >= 4 is 17.5 Å². The standard InChI is InChI=1S/C21H19F6N5/c1-3-12(2)29-19-31-17(13-6-8-28-9-7-13)11-18(32-19)30-16-5-4-14(20(22,23)24)10-15(16)21(25,26)27/h4-12H,3H2,1-2H3,(H2,29,30,31,32)/t12-/m1/s1. The molecule has 0 fully saturated rings. The van der Waals surface area contributed by atoms with Crippen molar-refractivity contribution in [3.05, 3.63) is 59.9 Å². The minimum atomic E-state index is -5.01. The predicted molar refractivity (Wildman–Crippen MR) is 108 cm³/mol. The van der Waals surface area contributed by atoms with Gasteiger partial charge in [0.15, 0.2) is 0 Å². The molecule has 2 N–H and O–H groups in total. The first-order valence-electron chi connectivity index (χ1n) is 9.59. The lowest BCUT2D eigenvalue weighted by molar-refractivity contribution is -0.142. The van der Waals surface area contributed by atoms with Gasteiger partial charge in [0.2, 0.25) is 5.95 Å². The third-order valence-electron chi connectivity index (χ3n) is 4.61. The third kappa shape index (κ3) is 5.65. The number of halogens is 6. The molecule has 32 heavy (non-hydrogen) atoms. The van der Waals surface area contributed by atoms with Crippen molar-refractivity contribution < 1.29 is 26.3 Å². The Morgan fingerprint density at radius 1 is 0.906 bits per heavy atom. The fourth-order valence-electron chi connectivity index (χ4n) is 2.77. The van der Waals surface area contributed by atoms with E-state index in [9.17, 15) is 26.3 Å². The molecule has 2 aromatic heterocycles. The average Bonchev–Trinajstić information content (AvgIpc) is 2.73. The summed E-state index contributed by atoms with van der Waals surface area (Å²) >= 11 is 0. The summed E-state index contributed by atoms with van der Waals surface area (Å²) in [6, 6.07) is 6.12. The molecule has 0 aliphatic heterocycles. The second kappa shape index (κ2) is 9.01. The van der Waals surface area contributed by atoms with Crippen molar-refractivity contribution in [1.82, 2.24) is 15.0 Å². The molecule has 0 aliphatic rings. The van der Waals surface area contributed by atoms with E-state index < -0.39 is 29.2 Å². The van der Waals surface area contributed by atoms with Crippen LogP contribution in [-0.4, -0.2) is 21.0 Å². The van der Waals surface area contributed by atoms with E-state index in [4.69, 9.17) is 0 Å². The predicted octanol–water partition coefficient (Wildman–Crippen LogP) is 6.53. The molecule has 0 saturated carbocycles. The molecule has 5 nitrogen and oxygen atoms in total. The number of benzene rings is 1. The van der Waals surface area contributed by atoms with Crippen LogP contribution in [-0.2, 0) is 12.4 Å². The number of nitrogens with zero attached hydrogens (tertiary/aromatic N) is 3. The molecule has 0 radical (unpaired) electrons. The molecular formula is C21H19F6N5. The first kappa shape index (κ1) is 23.3. The van der Waals surface area contributed by atoms with Crippen molar-refractivity contribution in [3.8, 4) is 11.3 Å². The van der Waals surface area contributed by atoms with Crippen molar-refractivity contribution in [2.45, 2.75) is 38.7 Å². The van der Waals surface area contributed by atoms with Gasteiger partial charge in [-0.05, 0) is 43.7 Å². The second-order valence-electron chi connectivity index (χ2n) is 7.03. The van der Waals surface area contributed by atoms with E-state index in [1.807, 2.05) is 13.8 Å². The van der Waals surface area contributed by atoms with Crippen LogP contribution < -0.4 is 10.6 Å². The van der Waals surface area contributed by atoms with Gasteiger partial charge in [-0.25, -0.2) is 4.98 Å². The number of anilines is 3. The number of rotatable bonds is 6. The van der Waals surface area contributed by atoms with Crippen LogP contribution in [0.15, 0.2) is 48.8 Å². The Hall–Kier alpha value is -3.37. The van der Waals surface area contributed by atoms with E-state index in [2.05, 4.69) is 25.6 Å². The molecule has 0 spiro atoms. The lowest BCUT2D eigenvalue weighted by Crippen LogP contribution is -2.17. The van der Waals surface area contributed by atoms with Gasteiger partial charge in [0.1, 0.15) is 5.82 Å². The van der Waals surface area contributed by atoms with Gasteiger partial charge in [0, 0.05) is 30.1 Å². The summed E-state index contributed by atoms with van der Waals surface area (Å²) in [5.41, 5.74) is -2.36. The molecule has 0 aliphatic carbocycles. The monoisotopic (exact) mass is 455 g/mol. The van der Waals surface area contributed by atoms with Crippen LogP contribution in [0.3, 0.4) is 0 Å². The van der Waals surface area contributed by atoms with E-state index in [-0.39, 0.29) is 23.9 Å². The molecule has 3 aromatic rings. The maximum absolute atomic E-state index is 13.5. The Kier molecular flexibility index (Phi) is 6.56. The zero-order chi connectivity index (χ0) is 23.5. The summed E-state index contributed by atoms with van der Waals surface area (Å²) in [6.45, 7) is 3.81. The summed E-state index contributed by atoms with van der Waals surface area (Å²) < 4.78 is 79.3. The quantitative estimate of drug-likeness (QED) is 0.414. The van der Waals surface area contributed by atoms with Crippen LogP contribution in [0.2, 0.25) is 0 Å². The molecule has 170 valence electrons. The molecule has 2 heterocycles. The minimum absolute atomic E-state index is 0.0112. The van der Waals surface area contributed by atoms with E-state index >= 15 is 0 Å². The Morgan fingerprint density at radius 3 is 2.19 bits per heavy atom. The summed E-state index contributed by atoms with van der Waals surface area (Å²) in [6.07, 6.45) is -6.12. The van der Waals surface area contributed by atoms with Crippen molar-refractivity contribution in [1.29, 1.82) is 0 Å². The summed E-state index contributed by atoms with van der Waals surface area (Å²) in [5.74, 6) is 0.152. The largest absolute Gasteiger partial charge is 0.418 e. The first-order valence-corrected chi connectivity index (χ1v) is 9.59. The van der Waals surface area contributed by atoms with Crippen LogP contribution in [0.5, 0.6) is 0 Å². The Bertz CT molecular complexity index is 1070. The van der Waals surface area contributed by atoms with Gasteiger partial charge >= 0.3 is 12.4 Å².